The van der Waals surface area contributed by atoms with Gasteiger partial charge in [-0.2, -0.15) is 0 Å². The normalized spacial score (nSPS) is 11.5. The molecule has 1 heterocycles. The number of para-hydroxylation sites is 1. The van der Waals surface area contributed by atoms with Crippen LogP contribution >= 0.6 is 22.9 Å². The summed E-state index contributed by atoms with van der Waals surface area (Å²) in [6, 6.07) is 12.4. The number of thiophene rings is 1. The summed E-state index contributed by atoms with van der Waals surface area (Å²) in [5.74, 6) is -0.383. The van der Waals surface area contributed by atoms with Gasteiger partial charge in [-0.25, -0.2) is 8.42 Å². The van der Waals surface area contributed by atoms with E-state index in [4.69, 9.17) is 17.3 Å². The summed E-state index contributed by atoms with van der Waals surface area (Å²) in [4.78, 5) is 13.3. The summed E-state index contributed by atoms with van der Waals surface area (Å²) >= 11 is 7.00. The first-order valence-electron chi connectivity index (χ1n) is 10.00. The number of benzene rings is 2. The minimum Gasteiger partial charge on any atom is -0.396 e. The minimum atomic E-state index is -3.68. The number of carbonyl (C=O) groups is 1. The van der Waals surface area contributed by atoms with Gasteiger partial charge in [0.2, 0.25) is 5.78 Å². The first-order valence-corrected chi connectivity index (χ1v) is 12.8. The fourth-order valence-corrected chi connectivity index (χ4v) is 6.60. The molecule has 0 aliphatic carbocycles. The van der Waals surface area contributed by atoms with Crippen LogP contribution < -0.4 is 11.1 Å². The van der Waals surface area contributed by atoms with Gasteiger partial charge in [0, 0.05) is 16.3 Å². The third-order valence-electron chi connectivity index (χ3n) is 4.97. The molecule has 31 heavy (non-hydrogen) atoms. The Labute approximate surface area is 192 Å². The Hall–Kier alpha value is -2.35. The highest BCUT2D eigenvalue weighted by atomic mass is 35.5. The van der Waals surface area contributed by atoms with E-state index in [2.05, 4.69) is 5.32 Å². The summed E-state index contributed by atoms with van der Waals surface area (Å²) in [7, 11) is -3.68. The number of hydrogen-bond acceptors (Lipinski definition) is 6. The Balaban J connectivity index is 2.17. The Morgan fingerprint density at radius 2 is 1.81 bits per heavy atom. The van der Waals surface area contributed by atoms with Crippen LogP contribution in [0.5, 0.6) is 0 Å². The van der Waals surface area contributed by atoms with Crippen molar-refractivity contribution < 1.29 is 13.2 Å². The molecule has 3 rings (SSSR count). The van der Waals surface area contributed by atoms with Crippen LogP contribution in [0.25, 0.3) is 0 Å². The Morgan fingerprint density at radius 1 is 1.13 bits per heavy atom. The van der Waals surface area contributed by atoms with Gasteiger partial charge in [-0.05, 0) is 55.2 Å². The number of aryl methyl sites for hydroxylation is 2. The first-order chi connectivity index (χ1) is 14.7. The maximum Gasteiger partial charge on any atom is 0.205 e. The summed E-state index contributed by atoms with van der Waals surface area (Å²) in [6.07, 6.45) is 1.22. The number of nitrogens with one attached hydrogen (secondary N) is 1. The molecule has 0 saturated carbocycles. The van der Waals surface area contributed by atoms with Gasteiger partial charge in [0.15, 0.2) is 9.84 Å². The second kappa shape index (κ2) is 9.42. The molecule has 8 heteroatoms. The molecule has 0 saturated heterocycles. The SMILES string of the molecule is CCCS(=O)(=O)c1c(Nc2c(C)cccc2CC)sc(C(=O)c2ccc(Cl)cc2)c1N. The zero-order chi connectivity index (χ0) is 22.8. The van der Waals surface area contributed by atoms with Crippen molar-refractivity contribution in [2.75, 3.05) is 16.8 Å². The Kier molecular flexibility index (Phi) is 7.09. The minimum absolute atomic E-state index is 0.00182. The van der Waals surface area contributed by atoms with E-state index in [-0.39, 0.29) is 27.0 Å². The van der Waals surface area contributed by atoms with Crippen molar-refractivity contribution >= 4 is 54.9 Å². The molecule has 3 N–H and O–H groups in total. The van der Waals surface area contributed by atoms with Gasteiger partial charge in [-0.1, -0.05) is 43.6 Å². The average molecular weight is 477 g/mol. The molecular formula is C23H25ClN2O3S2. The Bertz CT molecular complexity index is 1220. The molecule has 0 fully saturated rings. The van der Waals surface area contributed by atoms with Gasteiger partial charge in [-0.15, -0.1) is 11.3 Å². The van der Waals surface area contributed by atoms with E-state index in [0.717, 1.165) is 34.6 Å². The fraction of sp³-hybridized carbons (Fsp3) is 0.261. The zero-order valence-electron chi connectivity index (χ0n) is 17.7. The fourth-order valence-electron chi connectivity index (χ4n) is 3.41. The van der Waals surface area contributed by atoms with Crippen LogP contribution in [-0.2, 0) is 16.3 Å². The molecule has 0 amide bonds. The predicted molar refractivity (Wildman–Crippen MR) is 130 cm³/mol. The lowest BCUT2D eigenvalue weighted by Crippen LogP contribution is -2.11. The van der Waals surface area contributed by atoms with E-state index in [1.807, 2.05) is 32.0 Å². The largest absolute Gasteiger partial charge is 0.396 e. The van der Waals surface area contributed by atoms with Gasteiger partial charge < -0.3 is 11.1 Å². The Morgan fingerprint density at radius 3 is 2.42 bits per heavy atom. The van der Waals surface area contributed by atoms with Gasteiger partial charge >= 0.3 is 0 Å². The summed E-state index contributed by atoms with van der Waals surface area (Å²) in [6.45, 7) is 5.79. The van der Waals surface area contributed by atoms with Crippen LogP contribution in [0.4, 0.5) is 16.4 Å². The monoisotopic (exact) mass is 476 g/mol. The highest BCUT2D eigenvalue weighted by molar-refractivity contribution is 7.92. The molecule has 0 aliphatic heterocycles. The lowest BCUT2D eigenvalue weighted by molar-refractivity contribution is 0.104. The second-order valence-electron chi connectivity index (χ2n) is 7.25. The smallest absolute Gasteiger partial charge is 0.205 e. The number of rotatable bonds is 8. The number of nitrogen functional groups attached to an aromatic ring is 1. The quantitative estimate of drug-likeness (QED) is 0.388. The van der Waals surface area contributed by atoms with Crippen molar-refractivity contribution in [2.45, 2.75) is 38.5 Å². The van der Waals surface area contributed by atoms with Crippen molar-refractivity contribution in [3.05, 3.63) is 69.1 Å². The summed E-state index contributed by atoms with van der Waals surface area (Å²) < 4.78 is 26.2. The van der Waals surface area contributed by atoms with Crippen LogP contribution in [0.15, 0.2) is 47.4 Å². The standard InChI is InChI=1S/C23H25ClN2O3S2/c1-4-13-31(28,29)22-18(25)21(20(27)16-9-11-17(24)12-10-16)30-23(22)26-19-14(3)7-6-8-15(19)5-2/h6-12,26H,4-5,13,25H2,1-3H3. The van der Waals surface area contributed by atoms with Crippen LogP contribution in [0.3, 0.4) is 0 Å². The van der Waals surface area contributed by atoms with Crippen molar-refractivity contribution in [3.63, 3.8) is 0 Å². The van der Waals surface area contributed by atoms with Crippen LogP contribution in [-0.4, -0.2) is 20.0 Å². The van der Waals surface area contributed by atoms with Crippen molar-refractivity contribution in [2.24, 2.45) is 0 Å². The lowest BCUT2D eigenvalue weighted by Gasteiger charge is -2.14. The summed E-state index contributed by atoms with van der Waals surface area (Å²) in [5.41, 5.74) is 9.56. The molecule has 2 aromatic carbocycles. The van der Waals surface area contributed by atoms with Crippen molar-refractivity contribution in [1.82, 2.24) is 0 Å². The van der Waals surface area contributed by atoms with Crippen LogP contribution in [0, 0.1) is 6.92 Å². The number of sulfone groups is 1. The van der Waals surface area contributed by atoms with Crippen LogP contribution in [0.2, 0.25) is 5.02 Å². The average Bonchev–Trinajstić information content (AvgIpc) is 3.06. The molecule has 0 unspecified atom stereocenters. The van der Waals surface area contributed by atoms with E-state index in [9.17, 15) is 13.2 Å². The van der Waals surface area contributed by atoms with Gasteiger partial charge in [0.1, 0.15) is 14.8 Å². The highest BCUT2D eigenvalue weighted by Gasteiger charge is 2.30. The predicted octanol–water partition coefficient (Wildman–Crippen LogP) is 6.01. The molecule has 3 aromatic rings. The molecule has 0 radical (unpaired) electrons. The molecule has 1 aromatic heterocycles. The van der Waals surface area contributed by atoms with Crippen molar-refractivity contribution in [3.8, 4) is 0 Å². The molecule has 0 bridgehead atoms. The molecule has 164 valence electrons. The number of hydrogen-bond donors (Lipinski definition) is 2. The third-order valence-corrected chi connectivity index (χ3v) is 8.47. The molecule has 0 atom stereocenters. The van der Waals surface area contributed by atoms with Gasteiger partial charge in [-0.3, -0.25) is 4.79 Å². The number of anilines is 3. The molecule has 0 spiro atoms. The maximum absolute atomic E-state index is 13.1. The number of halogens is 1. The van der Waals surface area contributed by atoms with E-state index >= 15 is 0 Å². The number of carbonyl (C=O) groups excluding carboxylic acids is 1. The van der Waals surface area contributed by atoms with Crippen molar-refractivity contribution in [1.29, 1.82) is 0 Å². The third kappa shape index (κ3) is 4.79. The molecular weight excluding hydrogens is 452 g/mol. The number of nitrogens with two attached hydrogens (primary N) is 1. The zero-order valence-corrected chi connectivity index (χ0v) is 20.0. The van der Waals surface area contributed by atoms with Gasteiger partial charge in [0.25, 0.3) is 0 Å². The lowest BCUT2D eigenvalue weighted by atomic mass is 10.1. The molecule has 5 nitrogen and oxygen atoms in total. The molecule has 0 aliphatic rings. The van der Waals surface area contributed by atoms with Gasteiger partial charge in [0.05, 0.1) is 11.4 Å². The van der Waals surface area contributed by atoms with Crippen LogP contribution in [0.1, 0.15) is 46.6 Å². The van der Waals surface area contributed by atoms with E-state index < -0.39 is 9.84 Å². The van der Waals surface area contributed by atoms with E-state index in [0.29, 0.717) is 22.0 Å². The second-order valence-corrected chi connectivity index (χ2v) is 10.7. The van der Waals surface area contributed by atoms with E-state index in [1.165, 1.54) is 0 Å². The topological polar surface area (TPSA) is 89.3 Å². The first kappa shape index (κ1) is 23.3. The highest BCUT2D eigenvalue weighted by Crippen LogP contribution is 2.43. The number of ketones is 1. The van der Waals surface area contributed by atoms with E-state index in [1.54, 1.807) is 31.2 Å². The summed E-state index contributed by atoms with van der Waals surface area (Å²) in [5, 5.41) is 4.17. The maximum atomic E-state index is 13.1.